The van der Waals surface area contributed by atoms with Gasteiger partial charge in [0.1, 0.15) is 6.26 Å². The molecule has 0 aliphatic rings. The Labute approximate surface area is 168 Å². The van der Waals surface area contributed by atoms with Gasteiger partial charge in [0, 0.05) is 30.0 Å². The quantitative estimate of drug-likeness (QED) is 0.538. The largest absolute Gasteiger partial charge is 0.445 e. The second-order valence-electron chi connectivity index (χ2n) is 6.38. The molecule has 148 valence electrons. The number of hydrogen-bond donors (Lipinski definition) is 1. The molecule has 0 fully saturated rings. The van der Waals surface area contributed by atoms with Crippen LogP contribution >= 0.6 is 11.3 Å². The normalized spacial score (nSPS) is 11.2. The summed E-state index contributed by atoms with van der Waals surface area (Å²) < 4.78 is 34.4. The van der Waals surface area contributed by atoms with E-state index < -0.39 is 11.6 Å². The maximum absolute atomic E-state index is 13.9. The Hall–Kier alpha value is -3.33. The standard InChI is InChI=1S/C20H16F2N4O2S/c1-10(23-3)18-11(2)29-20-25-13(8-17(27)26(18)20)6-12-7-15(21)16(22)9-14(12)19-24-4-5-28-19/h4-5,7-9,23H,1,6H2,2-3H3. The van der Waals surface area contributed by atoms with Crippen LogP contribution in [0.3, 0.4) is 0 Å². The molecular weight excluding hydrogens is 398 g/mol. The Bertz CT molecular complexity index is 1290. The molecule has 0 unspecified atom stereocenters. The molecule has 0 radical (unpaired) electrons. The van der Waals surface area contributed by atoms with Crippen molar-refractivity contribution in [2.45, 2.75) is 13.3 Å². The van der Waals surface area contributed by atoms with Gasteiger partial charge >= 0.3 is 0 Å². The first-order valence-corrected chi connectivity index (χ1v) is 9.47. The van der Waals surface area contributed by atoms with Crippen molar-refractivity contribution in [1.29, 1.82) is 0 Å². The molecule has 1 aromatic carbocycles. The maximum atomic E-state index is 13.9. The molecule has 0 aliphatic carbocycles. The summed E-state index contributed by atoms with van der Waals surface area (Å²) in [6, 6.07) is 3.49. The Morgan fingerprint density at radius 1 is 1.31 bits per heavy atom. The van der Waals surface area contributed by atoms with Crippen LogP contribution in [0.1, 0.15) is 21.8 Å². The summed E-state index contributed by atoms with van der Waals surface area (Å²) in [5.41, 5.74) is 2.15. The van der Waals surface area contributed by atoms with Crippen LogP contribution in [0.4, 0.5) is 8.78 Å². The minimum atomic E-state index is -1.01. The van der Waals surface area contributed by atoms with Crippen LogP contribution < -0.4 is 10.9 Å². The maximum Gasteiger partial charge on any atom is 0.259 e. The van der Waals surface area contributed by atoms with Crippen LogP contribution in [0.5, 0.6) is 0 Å². The van der Waals surface area contributed by atoms with Crippen molar-refractivity contribution in [2.24, 2.45) is 0 Å². The van der Waals surface area contributed by atoms with E-state index in [1.54, 1.807) is 7.05 Å². The Morgan fingerprint density at radius 2 is 2.07 bits per heavy atom. The molecule has 3 aromatic heterocycles. The van der Waals surface area contributed by atoms with E-state index in [1.807, 2.05) is 6.92 Å². The van der Waals surface area contributed by atoms with Crippen LogP contribution in [0.2, 0.25) is 0 Å². The third kappa shape index (κ3) is 3.33. The molecule has 9 heteroatoms. The average Bonchev–Trinajstić information content (AvgIpc) is 3.31. The fourth-order valence-corrected chi connectivity index (χ4v) is 4.19. The average molecular weight is 414 g/mol. The highest BCUT2D eigenvalue weighted by Gasteiger charge is 2.18. The minimum Gasteiger partial charge on any atom is -0.445 e. The van der Waals surface area contributed by atoms with E-state index in [2.05, 4.69) is 21.9 Å². The van der Waals surface area contributed by atoms with Gasteiger partial charge in [-0.05, 0) is 24.6 Å². The van der Waals surface area contributed by atoms with Gasteiger partial charge in [0.15, 0.2) is 16.6 Å². The lowest BCUT2D eigenvalue weighted by Crippen LogP contribution is -2.19. The van der Waals surface area contributed by atoms with Crippen LogP contribution in [0, 0.1) is 18.6 Å². The monoisotopic (exact) mass is 414 g/mol. The lowest BCUT2D eigenvalue weighted by Gasteiger charge is -2.09. The number of fused-ring (bicyclic) bond motifs is 1. The summed E-state index contributed by atoms with van der Waals surface area (Å²) in [6.45, 7) is 5.81. The third-order valence-electron chi connectivity index (χ3n) is 4.51. The summed E-state index contributed by atoms with van der Waals surface area (Å²) >= 11 is 1.35. The predicted octanol–water partition coefficient (Wildman–Crippen LogP) is 3.78. The van der Waals surface area contributed by atoms with E-state index in [4.69, 9.17) is 4.42 Å². The van der Waals surface area contributed by atoms with Crippen LogP contribution in [-0.4, -0.2) is 21.4 Å². The first kappa shape index (κ1) is 19.0. The van der Waals surface area contributed by atoms with E-state index >= 15 is 0 Å². The number of nitrogens with one attached hydrogen (secondary N) is 1. The Morgan fingerprint density at radius 3 is 2.76 bits per heavy atom. The molecular formula is C20H16F2N4O2S. The number of rotatable bonds is 5. The zero-order valence-corrected chi connectivity index (χ0v) is 16.4. The van der Waals surface area contributed by atoms with Crippen molar-refractivity contribution in [2.75, 3.05) is 7.05 Å². The van der Waals surface area contributed by atoms with Crippen LogP contribution in [-0.2, 0) is 6.42 Å². The highest BCUT2D eigenvalue weighted by Crippen LogP contribution is 2.28. The van der Waals surface area contributed by atoms with Crippen molar-refractivity contribution in [3.05, 3.63) is 81.1 Å². The highest BCUT2D eigenvalue weighted by atomic mass is 32.1. The number of oxazole rings is 1. The first-order valence-electron chi connectivity index (χ1n) is 8.66. The topological polar surface area (TPSA) is 72.4 Å². The zero-order valence-electron chi connectivity index (χ0n) is 15.6. The van der Waals surface area contributed by atoms with Gasteiger partial charge in [0.05, 0.1) is 23.3 Å². The van der Waals surface area contributed by atoms with Gasteiger partial charge in [-0.25, -0.2) is 23.1 Å². The SMILES string of the molecule is C=C(NC)c1c(C)sc2nc(Cc3cc(F)c(F)cc3-c3ncco3)cc(=O)n12. The smallest absolute Gasteiger partial charge is 0.259 e. The van der Waals surface area contributed by atoms with Gasteiger partial charge in [0.25, 0.3) is 5.56 Å². The van der Waals surface area contributed by atoms with E-state index in [0.29, 0.717) is 33.2 Å². The van der Waals surface area contributed by atoms with Crippen molar-refractivity contribution < 1.29 is 13.2 Å². The summed E-state index contributed by atoms with van der Waals surface area (Å²) in [5.74, 6) is -1.83. The molecule has 0 bridgehead atoms. The number of nitrogens with zero attached hydrogens (tertiary/aromatic N) is 3. The Balaban J connectivity index is 1.83. The van der Waals surface area contributed by atoms with Crippen molar-refractivity contribution in [3.8, 4) is 11.5 Å². The number of halogens is 2. The van der Waals surface area contributed by atoms with Crippen LogP contribution in [0.25, 0.3) is 22.1 Å². The van der Waals surface area contributed by atoms with E-state index in [0.717, 1.165) is 17.0 Å². The predicted molar refractivity (Wildman–Crippen MR) is 107 cm³/mol. The van der Waals surface area contributed by atoms with Crippen LogP contribution in [0.15, 0.2) is 46.4 Å². The first-order chi connectivity index (χ1) is 13.9. The third-order valence-corrected chi connectivity index (χ3v) is 5.47. The van der Waals surface area contributed by atoms with E-state index in [-0.39, 0.29) is 17.9 Å². The van der Waals surface area contributed by atoms with E-state index in [9.17, 15) is 13.6 Å². The molecule has 0 amide bonds. The van der Waals surface area contributed by atoms with Gasteiger partial charge in [0.2, 0.25) is 5.89 Å². The van der Waals surface area contributed by atoms with E-state index in [1.165, 1.54) is 34.3 Å². The molecule has 1 N–H and O–H groups in total. The highest BCUT2D eigenvalue weighted by molar-refractivity contribution is 7.17. The molecule has 29 heavy (non-hydrogen) atoms. The minimum absolute atomic E-state index is 0.111. The summed E-state index contributed by atoms with van der Waals surface area (Å²) in [5, 5.41) is 2.95. The Kier molecular flexibility index (Phi) is 4.75. The molecule has 4 rings (SSSR count). The number of benzene rings is 1. The number of hydrogen-bond acceptors (Lipinski definition) is 6. The second-order valence-corrected chi connectivity index (χ2v) is 7.56. The molecule has 0 atom stereocenters. The molecule has 6 nitrogen and oxygen atoms in total. The molecule has 0 saturated carbocycles. The van der Waals surface area contributed by atoms with Crippen molar-refractivity contribution in [1.82, 2.24) is 19.7 Å². The van der Waals surface area contributed by atoms with Gasteiger partial charge in [-0.1, -0.05) is 6.58 Å². The molecule has 0 aliphatic heterocycles. The lowest BCUT2D eigenvalue weighted by molar-refractivity contribution is 0.506. The molecule has 0 spiro atoms. The number of aryl methyl sites for hydroxylation is 1. The zero-order chi connectivity index (χ0) is 20.7. The fourth-order valence-electron chi connectivity index (χ4n) is 3.16. The van der Waals surface area contributed by atoms with Gasteiger partial charge in [-0.2, -0.15) is 0 Å². The second kappa shape index (κ2) is 7.25. The van der Waals surface area contributed by atoms with Crippen molar-refractivity contribution >= 4 is 22.0 Å². The summed E-state index contributed by atoms with van der Waals surface area (Å²) in [7, 11) is 1.73. The summed E-state index contributed by atoms with van der Waals surface area (Å²) in [6.07, 6.45) is 2.88. The number of thiazole rings is 1. The fraction of sp³-hybridized carbons (Fsp3) is 0.150. The van der Waals surface area contributed by atoms with Gasteiger partial charge in [-0.15, -0.1) is 11.3 Å². The van der Waals surface area contributed by atoms with Gasteiger partial charge in [-0.3, -0.25) is 4.79 Å². The summed E-state index contributed by atoms with van der Waals surface area (Å²) in [4.78, 5) is 22.7. The molecule has 4 aromatic rings. The van der Waals surface area contributed by atoms with Gasteiger partial charge < -0.3 is 9.73 Å². The van der Waals surface area contributed by atoms with Crippen molar-refractivity contribution in [3.63, 3.8) is 0 Å². The lowest BCUT2D eigenvalue weighted by atomic mass is 10.0. The molecule has 3 heterocycles. The number of aromatic nitrogens is 3. The molecule has 0 saturated heterocycles.